The predicted octanol–water partition coefficient (Wildman–Crippen LogP) is 1.18. The van der Waals surface area contributed by atoms with Gasteiger partial charge in [0.15, 0.2) is 0 Å². The summed E-state index contributed by atoms with van der Waals surface area (Å²) >= 11 is 0. The number of aryl methyl sites for hydroxylation is 1. The van der Waals surface area contributed by atoms with Crippen molar-refractivity contribution in [2.45, 2.75) is 6.92 Å². The monoisotopic (exact) mass is 254 g/mol. The van der Waals surface area contributed by atoms with Crippen LogP contribution in [-0.2, 0) is 4.74 Å². The number of rotatable bonds is 6. The molecule has 0 heterocycles. The first kappa shape index (κ1) is 14.6. The van der Waals surface area contributed by atoms with Gasteiger partial charge in [0.1, 0.15) is 5.82 Å². The molecular weight excluding hydrogens is 235 g/mol. The highest BCUT2D eigenvalue weighted by molar-refractivity contribution is 5.95. The molecule has 18 heavy (non-hydrogen) atoms. The molecule has 0 saturated heterocycles. The van der Waals surface area contributed by atoms with Crippen LogP contribution in [0.2, 0.25) is 0 Å². The van der Waals surface area contributed by atoms with E-state index in [2.05, 4.69) is 0 Å². The fourth-order valence-corrected chi connectivity index (χ4v) is 1.71. The van der Waals surface area contributed by atoms with E-state index in [4.69, 9.17) is 10.5 Å². The van der Waals surface area contributed by atoms with Crippen LogP contribution in [-0.4, -0.2) is 44.2 Å². The predicted molar refractivity (Wildman–Crippen MR) is 68.0 cm³/mol. The first-order chi connectivity index (χ1) is 8.60. The number of hydrogen-bond acceptors (Lipinski definition) is 3. The number of carbonyl (C=O) groups is 1. The fraction of sp³-hybridized carbons (Fsp3) is 0.462. The lowest BCUT2D eigenvalue weighted by atomic mass is 10.1. The molecule has 0 aliphatic heterocycles. The third-order valence-corrected chi connectivity index (χ3v) is 2.67. The number of benzene rings is 1. The number of methoxy groups -OCH3 is 1. The van der Waals surface area contributed by atoms with Gasteiger partial charge in [-0.1, -0.05) is 0 Å². The van der Waals surface area contributed by atoms with Gasteiger partial charge < -0.3 is 15.4 Å². The first-order valence-corrected chi connectivity index (χ1v) is 5.84. The van der Waals surface area contributed by atoms with Gasteiger partial charge in [-0.05, 0) is 30.7 Å². The van der Waals surface area contributed by atoms with Crippen molar-refractivity contribution in [1.29, 1.82) is 0 Å². The van der Waals surface area contributed by atoms with Crippen LogP contribution in [0.1, 0.15) is 15.9 Å². The number of hydrogen-bond donors (Lipinski definition) is 1. The maximum absolute atomic E-state index is 13.0. The molecule has 0 fully saturated rings. The Labute approximate surface area is 107 Å². The summed E-state index contributed by atoms with van der Waals surface area (Å²) in [4.78, 5) is 13.9. The van der Waals surface area contributed by atoms with E-state index in [1.54, 1.807) is 18.9 Å². The SMILES string of the molecule is COCCN(CCN)C(=O)c1ccc(F)cc1C. The van der Waals surface area contributed by atoms with Crippen LogP contribution in [0.25, 0.3) is 0 Å². The molecule has 1 aromatic rings. The van der Waals surface area contributed by atoms with Crippen LogP contribution in [0, 0.1) is 12.7 Å². The molecule has 0 saturated carbocycles. The van der Waals surface area contributed by atoms with E-state index < -0.39 is 0 Å². The summed E-state index contributed by atoms with van der Waals surface area (Å²) in [6.45, 7) is 3.48. The van der Waals surface area contributed by atoms with E-state index in [0.717, 1.165) is 0 Å². The molecule has 2 N–H and O–H groups in total. The van der Waals surface area contributed by atoms with Crippen molar-refractivity contribution in [3.05, 3.63) is 35.1 Å². The third kappa shape index (κ3) is 3.78. The molecular formula is C13H19FN2O2. The number of carbonyl (C=O) groups excluding carboxylic acids is 1. The Morgan fingerprint density at radius 2 is 2.17 bits per heavy atom. The van der Waals surface area contributed by atoms with Gasteiger partial charge in [0.05, 0.1) is 6.61 Å². The highest BCUT2D eigenvalue weighted by atomic mass is 19.1. The van der Waals surface area contributed by atoms with Crippen molar-refractivity contribution < 1.29 is 13.9 Å². The number of nitrogens with two attached hydrogens (primary N) is 1. The van der Waals surface area contributed by atoms with Gasteiger partial charge >= 0.3 is 0 Å². The van der Waals surface area contributed by atoms with E-state index >= 15 is 0 Å². The van der Waals surface area contributed by atoms with Crippen LogP contribution in [0.3, 0.4) is 0 Å². The Morgan fingerprint density at radius 3 is 2.72 bits per heavy atom. The topological polar surface area (TPSA) is 55.6 Å². The van der Waals surface area contributed by atoms with E-state index in [0.29, 0.717) is 37.4 Å². The standard InChI is InChI=1S/C13H19FN2O2/c1-10-9-11(14)3-4-12(10)13(17)16(6-5-15)7-8-18-2/h3-4,9H,5-8,15H2,1-2H3. The Kier molecular flexibility index (Phi) is 5.74. The lowest BCUT2D eigenvalue weighted by Crippen LogP contribution is -2.38. The fourth-order valence-electron chi connectivity index (χ4n) is 1.71. The maximum Gasteiger partial charge on any atom is 0.254 e. The van der Waals surface area contributed by atoms with E-state index in [1.807, 2.05) is 0 Å². The average molecular weight is 254 g/mol. The second-order valence-electron chi connectivity index (χ2n) is 4.03. The van der Waals surface area contributed by atoms with Crippen molar-refractivity contribution in [3.8, 4) is 0 Å². The molecule has 0 bridgehead atoms. The van der Waals surface area contributed by atoms with Crippen LogP contribution < -0.4 is 5.73 Å². The third-order valence-electron chi connectivity index (χ3n) is 2.67. The second kappa shape index (κ2) is 7.08. The summed E-state index contributed by atoms with van der Waals surface area (Å²) in [7, 11) is 1.58. The van der Waals surface area contributed by atoms with E-state index in [-0.39, 0.29) is 11.7 Å². The molecule has 0 unspecified atom stereocenters. The van der Waals surface area contributed by atoms with Crippen molar-refractivity contribution in [2.24, 2.45) is 5.73 Å². The average Bonchev–Trinajstić information content (AvgIpc) is 2.33. The van der Waals surface area contributed by atoms with E-state index in [1.165, 1.54) is 18.2 Å². The molecule has 4 nitrogen and oxygen atoms in total. The summed E-state index contributed by atoms with van der Waals surface area (Å²) in [5, 5.41) is 0. The highest BCUT2D eigenvalue weighted by Gasteiger charge is 2.16. The molecule has 1 aromatic carbocycles. The molecule has 1 rings (SSSR count). The first-order valence-electron chi connectivity index (χ1n) is 5.84. The lowest BCUT2D eigenvalue weighted by Gasteiger charge is -2.22. The van der Waals surface area contributed by atoms with Gasteiger partial charge in [-0.15, -0.1) is 0 Å². The molecule has 1 amide bonds. The second-order valence-corrected chi connectivity index (χ2v) is 4.03. The highest BCUT2D eigenvalue weighted by Crippen LogP contribution is 2.12. The Bertz CT molecular complexity index is 410. The van der Waals surface area contributed by atoms with Crippen LogP contribution in [0.5, 0.6) is 0 Å². The zero-order chi connectivity index (χ0) is 13.5. The number of ether oxygens (including phenoxy) is 1. The largest absolute Gasteiger partial charge is 0.383 e. The normalized spacial score (nSPS) is 10.4. The van der Waals surface area contributed by atoms with Crippen molar-refractivity contribution in [1.82, 2.24) is 4.90 Å². The smallest absolute Gasteiger partial charge is 0.254 e. The molecule has 0 radical (unpaired) electrons. The minimum Gasteiger partial charge on any atom is -0.383 e. The molecule has 0 spiro atoms. The number of nitrogens with zero attached hydrogens (tertiary/aromatic N) is 1. The van der Waals surface area contributed by atoms with Crippen molar-refractivity contribution in [2.75, 3.05) is 33.4 Å². The molecule has 5 heteroatoms. The van der Waals surface area contributed by atoms with Gasteiger partial charge in [0, 0.05) is 32.3 Å². The number of halogens is 1. The Morgan fingerprint density at radius 1 is 1.44 bits per heavy atom. The minimum absolute atomic E-state index is 0.144. The molecule has 0 aliphatic carbocycles. The van der Waals surface area contributed by atoms with Gasteiger partial charge in [-0.3, -0.25) is 4.79 Å². The maximum atomic E-state index is 13.0. The summed E-state index contributed by atoms with van der Waals surface area (Å²) in [5.74, 6) is -0.485. The number of amides is 1. The summed E-state index contributed by atoms with van der Waals surface area (Å²) in [6, 6.07) is 4.14. The Balaban J connectivity index is 2.87. The van der Waals surface area contributed by atoms with Gasteiger partial charge in [-0.2, -0.15) is 0 Å². The van der Waals surface area contributed by atoms with Crippen LogP contribution >= 0.6 is 0 Å². The lowest BCUT2D eigenvalue weighted by molar-refractivity contribution is 0.0700. The summed E-state index contributed by atoms with van der Waals surface area (Å²) < 4.78 is 18.0. The molecule has 100 valence electrons. The minimum atomic E-state index is -0.341. The zero-order valence-corrected chi connectivity index (χ0v) is 10.8. The van der Waals surface area contributed by atoms with E-state index in [9.17, 15) is 9.18 Å². The van der Waals surface area contributed by atoms with Crippen LogP contribution in [0.15, 0.2) is 18.2 Å². The van der Waals surface area contributed by atoms with Crippen molar-refractivity contribution in [3.63, 3.8) is 0 Å². The van der Waals surface area contributed by atoms with Crippen LogP contribution in [0.4, 0.5) is 4.39 Å². The summed E-state index contributed by atoms with van der Waals surface area (Å²) in [5.41, 5.74) is 6.61. The summed E-state index contributed by atoms with van der Waals surface area (Å²) in [6.07, 6.45) is 0. The van der Waals surface area contributed by atoms with Gasteiger partial charge in [-0.25, -0.2) is 4.39 Å². The van der Waals surface area contributed by atoms with Crippen molar-refractivity contribution >= 4 is 5.91 Å². The van der Waals surface area contributed by atoms with Gasteiger partial charge in [0.2, 0.25) is 0 Å². The Hall–Kier alpha value is -1.46. The molecule has 0 atom stereocenters. The molecule has 0 aliphatic rings. The van der Waals surface area contributed by atoms with Gasteiger partial charge in [0.25, 0.3) is 5.91 Å². The quantitative estimate of drug-likeness (QED) is 0.829. The molecule has 0 aromatic heterocycles. The zero-order valence-electron chi connectivity index (χ0n) is 10.8.